The van der Waals surface area contributed by atoms with E-state index in [1.54, 1.807) is 6.08 Å². The molecule has 2 rings (SSSR count). The minimum Gasteiger partial charge on any atom is -0.289 e. The number of carbonyl (C=O) groups excluding carboxylic acids is 1. The molecule has 0 radical (unpaired) electrons. The predicted molar refractivity (Wildman–Crippen MR) is 84.9 cm³/mol. The number of hydrogen-bond acceptors (Lipinski definition) is 1. The molecule has 0 heterocycles. The molecular weight excluding hydrogens is 244 g/mol. The van der Waals surface area contributed by atoms with Gasteiger partial charge in [0.25, 0.3) is 0 Å². The Labute approximate surface area is 121 Å². The van der Waals surface area contributed by atoms with Crippen molar-refractivity contribution < 1.29 is 4.79 Å². The van der Waals surface area contributed by atoms with Gasteiger partial charge in [-0.1, -0.05) is 81.4 Å². The van der Waals surface area contributed by atoms with Gasteiger partial charge in [-0.15, -0.1) is 0 Å². The van der Waals surface area contributed by atoms with Gasteiger partial charge in [-0.3, -0.25) is 4.79 Å². The molecule has 1 heteroatoms. The summed E-state index contributed by atoms with van der Waals surface area (Å²) < 4.78 is 0. The van der Waals surface area contributed by atoms with E-state index in [4.69, 9.17) is 0 Å². The molecule has 1 nitrogen and oxygen atoms in total. The number of hydrogen-bond donors (Lipinski definition) is 0. The van der Waals surface area contributed by atoms with Crippen molar-refractivity contribution in [1.29, 1.82) is 0 Å². The van der Waals surface area contributed by atoms with E-state index >= 15 is 0 Å². The first-order valence-electron chi connectivity index (χ1n) is 6.85. The van der Waals surface area contributed by atoms with E-state index in [-0.39, 0.29) is 11.2 Å². The van der Waals surface area contributed by atoms with Gasteiger partial charge in [0.15, 0.2) is 5.78 Å². The predicted octanol–water partition coefficient (Wildman–Crippen LogP) is 4.88. The molecule has 20 heavy (non-hydrogen) atoms. The highest BCUT2D eigenvalue weighted by Crippen LogP contribution is 2.26. The zero-order chi connectivity index (χ0) is 14.6. The number of benzene rings is 2. The minimum absolute atomic E-state index is 0.0349. The third-order valence-corrected chi connectivity index (χ3v) is 3.23. The van der Waals surface area contributed by atoms with Crippen LogP contribution in [0.1, 0.15) is 42.3 Å². The maximum absolute atomic E-state index is 12.4. The minimum atomic E-state index is -0.0349. The summed E-state index contributed by atoms with van der Waals surface area (Å²) in [6.45, 7) is 6.38. The first-order valence-corrected chi connectivity index (χ1v) is 6.85. The van der Waals surface area contributed by atoms with Gasteiger partial charge in [0, 0.05) is 5.56 Å². The lowest BCUT2D eigenvalue weighted by Gasteiger charge is -2.21. The van der Waals surface area contributed by atoms with Gasteiger partial charge >= 0.3 is 0 Å². The van der Waals surface area contributed by atoms with E-state index in [2.05, 4.69) is 20.8 Å². The van der Waals surface area contributed by atoms with Gasteiger partial charge in [0.1, 0.15) is 0 Å². The van der Waals surface area contributed by atoms with Crippen LogP contribution in [0.3, 0.4) is 0 Å². The Hall–Kier alpha value is -2.15. The monoisotopic (exact) mass is 264 g/mol. The van der Waals surface area contributed by atoms with Crippen molar-refractivity contribution in [2.24, 2.45) is 0 Å². The van der Waals surface area contributed by atoms with E-state index in [1.165, 1.54) is 0 Å². The van der Waals surface area contributed by atoms with E-state index in [0.717, 1.165) is 16.7 Å². The van der Waals surface area contributed by atoms with Gasteiger partial charge in [-0.25, -0.2) is 0 Å². The summed E-state index contributed by atoms with van der Waals surface area (Å²) in [5.74, 6) is 0.0550. The number of carbonyl (C=O) groups is 1. The fourth-order valence-electron chi connectivity index (χ4n) is 2.18. The van der Waals surface area contributed by atoms with E-state index in [1.807, 2.05) is 60.7 Å². The molecule has 0 N–H and O–H groups in total. The van der Waals surface area contributed by atoms with Gasteiger partial charge in [-0.2, -0.15) is 0 Å². The average molecular weight is 264 g/mol. The highest BCUT2D eigenvalue weighted by molar-refractivity contribution is 6.08. The van der Waals surface area contributed by atoms with Crippen LogP contribution >= 0.6 is 0 Å². The first-order chi connectivity index (χ1) is 9.48. The lowest BCUT2D eigenvalue weighted by molar-refractivity contribution is 0.104. The summed E-state index contributed by atoms with van der Waals surface area (Å²) in [6.07, 6.45) is 3.52. The highest BCUT2D eigenvalue weighted by Gasteiger charge is 2.19. The molecule has 0 bridgehead atoms. The normalized spacial score (nSPS) is 11.8. The summed E-state index contributed by atoms with van der Waals surface area (Å²) in [5, 5.41) is 0. The van der Waals surface area contributed by atoms with Gasteiger partial charge in [-0.05, 0) is 22.6 Å². The fourth-order valence-corrected chi connectivity index (χ4v) is 2.18. The molecule has 0 saturated heterocycles. The van der Waals surface area contributed by atoms with Crippen LogP contribution in [-0.4, -0.2) is 5.78 Å². The SMILES string of the molecule is CC(C)(C)c1ccccc1C(=O)/C=C/c1ccccc1. The summed E-state index contributed by atoms with van der Waals surface area (Å²) in [5.41, 5.74) is 2.87. The molecule has 0 aromatic heterocycles. The molecule has 102 valence electrons. The van der Waals surface area contributed by atoms with E-state index in [9.17, 15) is 4.79 Å². The Morgan fingerprint density at radius 2 is 1.50 bits per heavy atom. The molecule has 0 unspecified atom stereocenters. The Balaban J connectivity index is 2.29. The molecular formula is C19H20O. The standard InChI is InChI=1S/C19H20O/c1-19(2,3)17-12-8-7-11-16(17)18(20)14-13-15-9-5-4-6-10-15/h4-14H,1-3H3/b14-13+. The molecule has 2 aromatic carbocycles. The number of ketones is 1. The van der Waals surface area contributed by atoms with Crippen molar-refractivity contribution in [3.05, 3.63) is 77.4 Å². The highest BCUT2D eigenvalue weighted by atomic mass is 16.1. The third-order valence-electron chi connectivity index (χ3n) is 3.23. The molecule has 0 aliphatic carbocycles. The van der Waals surface area contributed by atoms with Crippen molar-refractivity contribution >= 4 is 11.9 Å². The van der Waals surface area contributed by atoms with Crippen LogP contribution in [0.5, 0.6) is 0 Å². The maximum atomic E-state index is 12.4. The lowest BCUT2D eigenvalue weighted by atomic mass is 9.82. The molecule has 0 spiro atoms. The average Bonchev–Trinajstić information content (AvgIpc) is 2.45. The smallest absolute Gasteiger partial charge is 0.186 e. The third kappa shape index (κ3) is 3.45. The molecule has 0 amide bonds. The van der Waals surface area contributed by atoms with Gasteiger partial charge < -0.3 is 0 Å². The summed E-state index contributed by atoms with van der Waals surface area (Å²) in [6, 6.07) is 17.7. The molecule has 0 aliphatic heterocycles. The zero-order valence-electron chi connectivity index (χ0n) is 12.3. The van der Waals surface area contributed by atoms with Crippen molar-refractivity contribution in [2.45, 2.75) is 26.2 Å². The lowest BCUT2D eigenvalue weighted by Crippen LogP contribution is -2.16. The van der Waals surface area contributed by atoms with Crippen LogP contribution < -0.4 is 0 Å². The fraction of sp³-hybridized carbons (Fsp3) is 0.211. The summed E-state index contributed by atoms with van der Waals surface area (Å²) in [4.78, 5) is 12.4. The topological polar surface area (TPSA) is 17.1 Å². The zero-order valence-corrected chi connectivity index (χ0v) is 12.3. The van der Waals surface area contributed by atoms with Crippen LogP contribution in [0, 0.1) is 0 Å². The Morgan fingerprint density at radius 3 is 2.15 bits per heavy atom. The van der Waals surface area contributed by atoms with Crippen molar-refractivity contribution in [3.8, 4) is 0 Å². The summed E-state index contributed by atoms with van der Waals surface area (Å²) in [7, 11) is 0. The Bertz CT molecular complexity index is 616. The van der Waals surface area contributed by atoms with Crippen LogP contribution in [0.25, 0.3) is 6.08 Å². The van der Waals surface area contributed by atoms with E-state index < -0.39 is 0 Å². The van der Waals surface area contributed by atoms with Crippen LogP contribution in [-0.2, 0) is 5.41 Å². The molecule has 2 aromatic rings. The van der Waals surface area contributed by atoms with Crippen molar-refractivity contribution in [2.75, 3.05) is 0 Å². The van der Waals surface area contributed by atoms with E-state index in [0.29, 0.717) is 0 Å². The molecule has 0 atom stereocenters. The largest absolute Gasteiger partial charge is 0.289 e. The first kappa shape index (κ1) is 14.3. The maximum Gasteiger partial charge on any atom is 0.186 e. The quantitative estimate of drug-likeness (QED) is 0.570. The summed E-state index contributed by atoms with van der Waals surface area (Å²) >= 11 is 0. The molecule has 0 saturated carbocycles. The van der Waals surface area contributed by atoms with Crippen LogP contribution in [0.4, 0.5) is 0 Å². The number of rotatable bonds is 3. The number of allylic oxidation sites excluding steroid dienone is 1. The Kier molecular flexibility index (Phi) is 4.19. The van der Waals surface area contributed by atoms with Crippen molar-refractivity contribution in [3.63, 3.8) is 0 Å². The molecule has 0 fully saturated rings. The van der Waals surface area contributed by atoms with Gasteiger partial charge in [0.2, 0.25) is 0 Å². The Morgan fingerprint density at radius 1 is 0.900 bits per heavy atom. The van der Waals surface area contributed by atoms with Gasteiger partial charge in [0.05, 0.1) is 0 Å². The second kappa shape index (κ2) is 5.87. The van der Waals surface area contributed by atoms with Crippen LogP contribution in [0.2, 0.25) is 0 Å². The van der Waals surface area contributed by atoms with Crippen molar-refractivity contribution in [1.82, 2.24) is 0 Å². The van der Waals surface area contributed by atoms with Crippen LogP contribution in [0.15, 0.2) is 60.7 Å². The molecule has 0 aliphatic rings. The second-order valence-corrected chi connectivity index (χ2v) is 5.90. The second-order valence-electron chi connectivity index (χ2n) is 5.90.